The third-order valence-electron chi connectivity index (χ3n) is 1.96. The monoisotopic (exact) mass is 206 g/mol. The van der Waals surface area contributed by atoms with Gasteiger partial charge in [0.2, 0.25) is 0 Å². The molecule has 1 saturated heterocycles. The van der Waals surface area contributed by atoms with Crippen LogP contribution in [0.15, 0.2) is 0 Å². The second kappa shape index (κ2) is 4.83. The molecule has 0 amide bonds. The Hall–Kier alpha value is -0.260. The molecule has 1 rings (SSSR count). The van der Waals surface area contributed by atoms with E-state index in [-0.39, 0.29) is 11.9 Å². The minimum absolute atomic E-state index is 0.119. The molecular formula is C8H14O4S. The summed E-state index contributed by atoms with van der Waals surface area (Å²) in [7, 11) is 0. The first-order valence-corrected chi connectivity index (χ1v) is 5.41. The molecule has 0 saturated carbocycles. The van der Waals surface area contributed by atoms with E-state index in [1.54, 1.807) is 0 Å². The van der Waals surface area contributed by atoms with Gasteiger partial charge < -0.3 is 0 Å². The molecule has 3 atom stereocenters. The van der Waals surface area contributed by atoms with Crippen LogP contribution in [0.3, 0.4) is 0 Å². The molecule has 4 nitrogen and oxygen atoms in total. The second-order valence-electron chi connectivity index (χ2n) is 3.11. The van der Waals surface area contributed by atoms with Crippen molar-refractivity contribution in [1.29, 1.82) is 0 Å². The molecule has 0 aromatic carbocycles. The lowest BCUT2D eigenvalue weighted by atomic mass is 10.1. The van der Waals surface area contributed by atoms with Crippen LogP contribution in [0.2, 0.25) is 0 Å². The Morgan fingerprint density at radius 1 is 1.46 bits per heavy atom. The number of carbonyl (C=O) groups excluding carboxylic acids is 1. The number of rotatable bonds is 4. The fourth-order valence-corrected chi connectivity index (χ4v) is 2.13. The summed E-state index contributed by atoms with van der Waals surface area (Å²) in [5, 5.41) is 0. The third-order valence-corrected chi connectivity index (χ3v) is 2.73. The maximum absolute atomic E-state index is 11.0. The van der Waals surface area contributed by atoms with Gasteiger partial charge in [0, 0.05) is 0 Å². The predicted molar refractivity (Wildman–Crippen MR) is 48.1 cm³/mol. The average Bonchev–Trinajstić information content (AvgIpc) is 2.43. The molecule has 13 heavy (non-hydrogen) atoms. The van der Waals surface area contributed by atoms with Crippen molar-refractivity contribution in [3.05, 3.63) is 0 Å². The standard InChI is InChI=1S/C8H14O4S/c1-3-4-5-7-8(6(2)9)12-13(10)11-7/h7-8H,3-5H2,1-2H3/t7-,8-,13?/m1/s1. The molecule has 1 aliphatic heterocycles. The minimum atomic E-state index is -1.73. The molecule has 0 radical (unpaired) electrons. The summed E-state index contributed by atoms with van der Waals surface area (Å²) in [5.41, 5.74) is 0. The van der Waals surface area contributed by atoms with Crippen molar-refractivity contribution < 1.29 is 17.4 Å². The normalized spacial score (nSPS) is 33.5. The third kappa shape index (κ3) is 2.86. The zero-order valence-corrected chi connectivity index (χ0v) is 8.63. The van der Waals surface area contributed by atoms with Crippen molar-refractivity contribution >= 4 is 17.1 Å². The fraction of sp³-hybridized carbons (Fsp3) is 0.875. The van der Waals surface area contributed by atoms with Gasteiger partial charge in [0.15, 0.2) is 11.9 Å². The lowest BCUT2D eigenvalue weighted by Gasteiger charge is -2.10. The molecule has 76 valence electrons. The summed E-state index contributed by atoms with van der Waals surface area (Å²) >= 11 is -1.73. The lowest BCUT2D eigenvalue weighted by molar-refractivity contribution is -0.124. The van der Waals surface area contributed by atoms with Gasteiger partial charge in [0.05, 0.1) is 0 Å². The first-order valence-electron chi connectivity index (χ1n) is 4.41. The number of Topliss-reactive ketones (excluding diaryl/α,β-unsaturated/α-hetero) is 1. The van der Waals surface area contributed by atoms with Crippen molar-refractivity contribution in [3.8, 4) is 0 Å². The van der Waals surface area contributed by atoms with Crippen LogP contribution in [0, 0.1) is 0 Å². The Labute approximate surface area is 80.5 Å². The van der Waals surface area contributed by atoms with Crippen LogP contribution in [0.25, 0.3) is 0 Å². The quantitative estimate of drug-likeness (QED) is 0.692. The van der Waals surface area contributed by atoms with E-state index < -0.39 is 17.5 Å². The van der Waals surface area contributed by atoms with E-state index in [4.69, 9.17) is 8.37 Å². The Morgan fingerprint density at radius 3 is 2.69 bits per heavy atom. The smallest absolute Gasteiger partial charge is 0.297 e. The molecule has 5 heteroatoms. The number of carbonyl (C=O) groups is 1. The molecule has 0 spiro atoms. The van der Waals surface area contributed by atoms with Crippen molar-refractivity contribution in [2.24, 2.45) is 0 Å². The molecule has 1 aliphatic rings. The van der Waals surface area contributed by atoms with Crippen molar-refractivity contribution in [3.63, 3.8) is 0 Å². The van der Waals surface area contributed by atoms with Crippen LogP contribution >= 0.6 is 0 Å². The minimum Gasteiger partial charge on any atom is -0.297 e. The van der Waals surface area contributed by atoms with Crippen molar-refractivity contribution in [2.75, 3.05) is 0 Å². The topological polar surface area (TPSA) is 52.6 Å². The predicted octanol–water partition coefficient (Wildman–Crippen LogP) is 1.13. The van der Waals surface area contributed by atoms with E-state index in [1.165, 1.54) is 6.92 Å². The van der Waals surface area contributed by atoms with E-state index >= 15 is 0 Å². The van der Waals surface area contributed by atoms with Gasteiger partial charge in [-0.1, -0.05) is 19.8 Å². The highest BCUT2D eigenvalue weighted by molar-refractivity contribution is 7.75. The highest BCUT2D eigenvalue weighted by Crippen LogP contribution is 2.22. The number of unbranched alkanes of at least 4 members (excludes halogenated alkanes) is 1. The SMILES string of the molecule is CCCC[C@H]1OS(=O)O[C@@H]1C(C)=O. The van der Waals surface area contributed by atoms with Gasteiger partial charge in [-0.15, -0.1) is 0 Å². The first kappa shape index (κ1) is 10.8. The van der Waals surface area contributed by atoms with E-state index in [0.29, 0.717) is 0 Å². The lowest BCUT2D eigenvalue weighted by Crippen LogP contribution is -2.29. The Balaban J connectivity index is 2.50. The molecule has 0 bridgehead atoms. The maximum atomic E-state index is 11.0. The molecule has 1 unspecified atom stereocenters. The zero-order chi connectivity index (χ0) is 9.84. The molecule has 0 aliphatic carbocycles. The summed E-state index contributed by atoms with van der Waals surface area (Å²) in [6.45, 7) is 3.48. The van der Waals surface area contributed by atoms with Crippen LogP contribution in [-0.2, 0) is 24.5 Å². The van der Waals surface area contributed by atoms with E-state index in [1.807, 2.05) is 0 Å². The second-order valence-corrected chi connectivity index (χ2v) is 3.90. The summed E-state index contributed by atoms with van der Waals surface area (Å²) in [6, 6.07) is 0. The van der Waals surface area contributed by atoms with Crippen LogP contribution in [-0.4, -0.2) is 22.2 Å². The van der Waals surface area contributed by atoms with Crippen LogP contribution < -0.4 is 0 Å². The van der Waals surface area contributed by atoms with E-state index in [2.05, 4.69) is 6.92 Å². The van der Waals surface area contributed by atoms with Gasteiger partial charge in [-0.05, 0) is 13.3 Å². The summed E-state index contributed by atoms with van der Waals surface area (Å²) < 4.78 is 20.6. The highest BCUT2D eigenvalue weighted by Gasteiger charge is 2.37. The van der Waals surface area contributed by atoms with Crippen molar-refractivity contribution in [2.45, 2.75) is 45.3 Å². The Bertz CT molecular complexity index is 216. The number of hydrogen-bond donors (Lipinski definition) is 0. The Morgan fingerprint density at radius 2 is 2.15 bits per heavy atom. The molecule has 0 N–H and O–H groups in total. The van der Waals surface area contributed by atoms with Gasteiger partial charge >= 0.3 is 11.4 Å². The van der Waals surface area contributed by atoms with Crippen molar-refractivity contribution in [1.82, 2.24) is 0 Å². The summed E-state index contributed by atoms with van der Waals surface area (Å²) in [4.78, 5) is 11.0. The molecule has 1 heterocycles. The van der Waals surface area contributed by atoms with Gasteiger partial charge in [0.25, 0.3) is 0 Å². The molecule has 1 fully saturated rings. The van der Waals surface area contributed by atoms with Gasteiger partial charge in [-0.2, -0.15) is 4.21 Å². The van der Waals surface area contributed by atoms with Crippen LogP contribution in [0.4, 0.5) is 0 Å². The molecule has 0 aromatic rings. The average molecular weight is 206 g/mol. The van der Waals surface area contributed by atoms with E-state index in [0.717, 1.165) is 19.3 Å². The van der Waals surface area contributed by atoms with E-state index in [9.17, 15) is 9.00 Å². The molecule has 0 aromatic heterocycles. The van der Waals surface area contributed by atoms with Gasteiger partial charge in [0.1, 0.15) is 6.10 Å². The van der Waals surface area contributed by atoms with Crippen LogP contribution in [0.5, 0.6) is 0 Å². The number of ketones is 1. The first-order chi connectivity index (χ1) is 6.15. The number of hydrogen-bond acceptors (Lipinski definition) is 4. The molecular weight excluding hydrogens is 192 g/mol. The Kier molecular flexibility index (Phi) is 4.02. The maximum Gasteiger partial charge on any atom is 0.305 e. The highest BCUT2D eigenvalue weighted by atomic mass is 32.2. The summed E-state index contributed by atoms with van der Waals surface area (Å²) in [6.07, 6.45) is 1.75. The summed E-state index contributed by atoms with van der Waals surface area (Å²) in [5.74, 6) is -0.119. The van der Waals surface area contributed by atoms with Gasteiger partial charge in [-0.25, -0.2) is 0 Å². The zero-order valence-electron chi connectivity index (χ0n) is 7.82. The van der Waals surface area contributed by atoms with Crippen LogP contribution in [0.1, 0.15) is 33.1 Å². The fourth-order valence-electron chi connectivity index (χ4n) is 1.25. The largest absolute Gasteiger partial charge is 0.305 e. The van der Waals surface area contributed by atoms with Gasteiger partial charge in [-0.3, -0.25) is 13.2 Å².